The number of fused-ring (bicyclic) bond motifs is 1. The number of nitrogens with zero attached hydrogens (tertiary/aromatic N) is 1. The molecule has 37 heavy (non-hydrogen) atoms. The molecule has 0 spiro atoms. The molecule has 0 bridgehead atoms. The van der Waals surface area contributed by atoms with Gasteiger partial charge in [0.25, 0.3) is 11.8 Å². The lowest BCUT2D eigenvalue weighted by atomic mass is 9.94. The molecule has 0 aliphatic carbocycles. The lowest BCUT2D eigenvalue weighted by molar-refractivity contribution is -0.146. The van der Waals surface area contributed by atoms with Gasteiger partial charge < -0.3 is 14.6 Å². The van der Waals surface area contributed by atoms with Gasteiger partial charge in [0.1, 0.15) is 17.4 Å². The smallest absolute Gasteiger partial charge is 0.314 e. The van der Waals surface area contributed by atoms with E-state index >= 15 is 0 Å². The number of ketones is 1. The molecule has 1 aliphatic heterocycles. The number of rotatable bonds is 10. The molecule has 0 aromatic heterocycles. The van der Waals surface area contributed by atoms with Crippen molar-refractivity contribution in [3.63, 3.8) is 0 Å². The third-order valence-corrected chi connectivity index (χ3v) is 6.56. The number of Topliss-reactive ketones (excluding diaryl/α,β-unsaturated/α-hetero) is 1. The lowest BCUT2D eigenvalue weighted by Gasteiger charge is -2.17. The minimum Gasteiger partial charge on any atom is -0.497 e. The van der Waals surface area contributed by atoms with Crippen LogP contribution < -0.4 is 9.47 Å². The van der Waals surface area contributed by atoms with Gasteiger partial charge >= 0.3 is 5.97 Å². The number of halogens is 1. The van der Waals surface area contributed by atoms with E-state index in [0.717, 1.165) is 16.0 Å². The number of hydrogen-bond donors (Lipinski definition) is 1. The van der Waals surface area contributed by atoms with Crippen molar-refractivity contribution in [1.82, 2.24) is 4.90 Å². The summed E-state index contributed by atoms with van der Waals surface area (Å²) >= 11 is 5.93. The number of methoxy groups -OCH3 is 2. The average molecular weight is 522 g/mol. The summed E-state index contributed by atoms with van der Waals surface area (Å²) in [5, 5.41) is 10.3. The van der Waals surface area contributed by atoms with Crippen LogP contribution in [-0.2, 0) is 16.0 Å². The molecule has 2 amide bonds. The van der Waals surface area contributed by atoms with Crippen LogP contribution in [0.5, 0.6) is 11.5 Å². The van der Waals surface area contributed by atoms with Gasteiger partial charge in [-0.2, -0.15) is 0 Å². The maximum Gasteiger partial charge on any atom is 0.314 e. The molecule has 1 unspecified atom stereocenters. The zero-order valence-corrected chi connectivity index (χ0v) is 20.9. The van der Waals surface area contributed by atoms with Crippen molar-refractivity contribution in [2.24, 2.45) is 5.92 Å². The number of amides is 2. The zero-order chi connectivity index (χ0) is 26.7. The molecule has 3 aromatic carbocycles. The Kier molecular flexibility index (Phi) is 7.59. The first kappa shape index (κ1) is 25.9. The summed E-state index contributed by atoms with van der Waals surface area (Å²) < 4.78 is 10.4. The first-order valence-corrected chi connectivity index (χ1v) is 11.8. The van der Waals surface area contributed by atoms with E-state index in [-0.39, 0.29) is 36.3 Å². The van der Waals surface area contributed by atoms with Crippen molar-refractivity contribution >= 4 is 35.2 Å². The third-order valence-electron chi connectivity index (χ3n) is 6.30. The number of ether oxygens (including phenoxy) is 2. The van der Waals surface area contributed by atoms with Gasteiger partial charge in [0.2, 0.25) is 0 Å². The largest absolute Gasteiger partial charge is 0.497 e. The Morgan fingerprint density at radius 1 is 0.919 bits per heavy atom. The first-order chi connectivity index (χ1) is 17.7. The molecular formula is C28H24ClNO7. The highest BCUT2D eigenvalue weighted by molar-refractivity contribution is 6.30. The molecule has 8 nitrogen and oxygen atoms in total. The molecule has 9 heteroatoms. The highest BCUT2D eigenvalue weighted by Gasteiger charge is 2.40. The quantitative estimate of drug-likeness (QED) is 0.308. The number of carboxylic acid groups (broad SMARTS) is 1. The van der Waals surface area contributed by atoms with Gasteiger partial charge in [-0.15, -0.1) is 0 Å². The standard InChI is InChI=1S/C28H24ClNO7/c1-36-20-14-22-25(24(15-20)37-2)27(33)30(26(22)32)12-11-21(28(34)35)23(31)13-16-3-5-17(6-4-16)18-7-9-19(29)10-8-18/h3-10,14-15,21H,11-13H2,1-2H3,(H,34,35). The highest BCUT2D eigenvalue weighted by atomic mass is 35.5. The number of imide groups is 1. The summed E-state index contributed by atoms with van der Waals surface area (Å²) in [5.41, 5.74) is 2.75. The van der Waals surface area contributed by atoms with Crippen LogP contribution in [0.15, 0.2) is 60.7 Å². The van der Waals surface area contributed by atoms with Crippen molar-refractivity contribution in [3.8, 4) is 22.6 Å². The van der Waals surface area contributed by atoms with Crippen LogP contribution in [0.25, 0.3) is 11.1 Å². The van der Waals surface area contributed by atoms with Crippen LogP contribution in [0, 0.1) is 5.92 Å². The molecule has 3 aromatic rings. The summed E-state index contributed by atoms with van der Waals surface area (Å²) in [6.45, 7) is -0.226. The van der Waals surface area contributed by atoms with Gasteiger partial charge in [-0.3, -0.25) is 24.1 Å². The van der Waals surface area contributed by atoms with Crippen LogP contribution >= 0.6 is 11.6 Å². The molecule has 0 saturated carbocycles. The molecule has 4 rings (SSSR count). The lowest BCUT2D eigenvalue weighted by Crippen LogP contribution is -2.35. The fourth-order valence-electron chi connectivity index (χ4n) is 4.30. The number of carbonyl (C=O) groups is 4. The van der Waals surface area contributed by atoms with Crippen molar-refractivity contribution < 1.29 is 33.8 Å². The van der Waals surface area contributed by atoms with E-state index in [1.807, 2.05) is 24.3 Å². The van der Waals surface area contributed by atoms with Crippen LogP contribution in [0.4, 0.5) is 0 Å². The number of aliphatic carboxylic acids is 1. The van der Waals surface area contributed by atoms with E-state index in [4.69, 9.17) is 21.1 Å². The number of carboxylic acids is 1. The fraction of sp³-hybridized carbons (Fsp3) is 0.214. The Balaban J connectivity index is 1.44. The second-order valence-electron chi connectivity index (χ2n) is 8.54. The highest BCUT2D eigenvalue weighted by Crippen LogP contribution is 2.35. The maximum absolute atomic E-state index is 12.9. The Hall–Kier alpha value is -4.17. The van der Waals surface area contributed by atoms with Crippen LogP contribution in [0.3, 0.4) is 0 Å². The molecule has 0 radical (unpaired) electrons. The molecular weight excluding hydrogens is 498 g/mol. The van der Waals surface area contributed by atoms with Gasteiger partial charge in [-0.05, 0) is 41.3 Å². The van der Waals surface area contributed by atoms with Crippen molar-refractivity contribution in [1.29, 1.82) is 0 Å². The van der Waals surface area contributed by atoms with Gasteiger partial charge in [-0.1, -0.05) is 48.0 Å². The summed E-state index contributed by atoms with van der Waals surface area (Å²) in [7, 11) is 2.80. The predicted octanol–water partition coefficient (Wildman–Crippen LogP) is 4.52. The fourth-order valence-corrected chi connectivity index (χ4v) is 4.42. The Labute approximate surface area is 218 Å². The van der Waals surface area contributed by atoms with E-state index < -0.39 is 29.5 Å². The number of benzene rings is 3. The van der Waals surface area contributed by atoms with Crippen LogP contribution in [0.2, 0.25) is 5.02 Å². The van der Waals surface area contributed by atoms with Gasteiger partial charge in [0.05, 0.1) is 25.3 Å². The summed E-state index contributed by atoms with van der Waals surface area (Å²) in [6.07, 6.45) is -0.299. The topological polar surface area (TPSA) is 110 Å². The summed E-state index contributed by atoms with van der Waals surface area (Å²) in [4.78, 5) is 51.6. The van der Waals surface area contributed by atoms with E-state index in [9.17, 15) is 24.3 Å². The Bertz CT molecular complexity index is 1370. The van der Waals surface area contributed by atoms with E-state index in [0.29, 0.717) is 16.3 Å². The van der Waals surface area contributed by atoms with Crippen molar-refractivity contribution in [2.45, 2.75) is 12.8 Å². The van der Waals surface area contributed by atoms with Crippen molar-refractivity contribution in [2.75, 3.05) is 20.8 Å². The molecule has 1 N–H and O–H groups in total. The summed E-state index contributed by atoms with van der Waals surface area (Å²) in [6, 6.07) is 17.5. The molecule has 1 atom stereocenters. The van der Waals surface area contributed by atoms with Gasteiger partial charge in [-0.25, -0.2) is 0 Å². The third kappa shape index (κ3) is 5.34. The normalized spacial score (nSPS) is 13.3. The van der Waals surface area contributed by atoms with E-state index in [1.54, 1.807) is 24.3 Å². The Morgan fingerprint density at radius 3 is 2.11 bits per heavy atom. The zero-order valence-electron chi connectivity index (χ0n) is 20.2. The van der Waals surface area contributed by atoms with Gasteiger partial charge in [0.15, 0.2) is 5.78 Å². The van der Waals surface area contributed by atoms with Crippen LogP contribution in [0.1, 0.15) is 32.7 Å². The molecule has 0 fully saturated rings. The van der Waals surface area contributed by atoms with E-state index in [1.165, 1.54) is 26.4 Å². The monoisotopic (exact) mass is 521 g/mol. The molecule has 190 valence electrons. The maximum atomic E-state index is 12.9. The minimum absolute atomic E-state index is 0.0901. The second kappa shape index (κ2) is 10.8. The molecule has 1 aliphatic rings. The SMILES string of the molecule is COc1cc(OC)c2c(c1)C(=O)N(CCC(C(=O)O)C(=O)Cc1ccc(-c3ccc(Cl)cc3)cc1)C2=O. The molecule has 1 heterocycles. The second-order valence-corrected chi connectivity index (χ2v) is 8.98. The number of hydrogen-bond acceptors (Lipinski definition) is 6. The summed E-state index contributed by atoms with van der Waals surface area (Å²) in [5.74, 6) is -3.86. The van der Waals surface area contributed by atoms with Crippen molar-refractivity contribution in [3.05, 3.63) is 82.4 Å². The predicted molar refractivity (Wildman–Crippen MR) is 136 cm³/mol. The van der Waals surface area contributed by atoms with E-state index in [2.05, 4.69) is 0 Å². The number of carbonyl (C=O) groups excluding carboxylic acids is 3. The van der Waals surface area contributed by atoms with Gasteiger partial charge in [0, 0.05) is 24.1 Å². The average Bonchev–Trinajstić information content (AvgIpc) is 3.13. The Morgan fingerprint density at radius 2 is 1.54 bits per heavy atom. The minimum atomic E-state index is -1.38. The van der Waals surface area contributed by atoms with Crippen LogP contribution in [-0.4, -0.2) is 54.3 Å². The first-order valence-electron chi connectivity index (χ1n) is 11.5. The molecule has 0 saturated heterocycles.